The second-order valence-corrected chi connectivity index (χ2v) is 8.84. The number of halogens is 1. The zero-order valence-corrected chi connectivity index (χ0v) is 20.3. The monoisotopic (exact) mass is 518 g/mol. The highest BCUT2D eigenvalue weighted by Gasteiger charge is 2.13. The third kappa shape index (κ3) is 5.58. The SMILES string of the molecule is CC(C)c1nc2ccc(Br)cc2c(=O)n1N=Cc1ccc(OCC(=O)Nc2ccccc2)cc1. The van der Waals surface area contributed by atoms with Crippen molar-refractivity contribution in [2.45, 2.75) is 19.8 Å². The van der Waals surface area contributed by atoms with Crippen molar-refractivity contribution in [1.29, 1.82) is 0 Å². The van der Waals surface area contributed by atoms with Crippen LogP contribution in [-0.4, -0.2) is 28.4 Å². The molecule has 0 bridgehead atoms. The Morgan fingerprint density at radius 1 is 1.12 bits per heavy atom. The number of hydrogen-bond acceptors (Lipinski definition) is 5. The molecule has 1 heterocycles. The lowest BCUT2D eigenvalue weighted by Crippen LogP contribution is -2.23. The van der Waals surface area contributed by atoms with Crippen molar-refractivity contribution in [1.82, 2.24) is 9.66 Å². The Hall–Kier alpha value is -3.78. The van der Waals surface area contributed by atoms with Gasteiger partial charge in [-0.05, 0) is 60.2 Å². The van der Waals surface area contributed by atoms with Crippen molar-refractivity contribution < 1.29 is 9.53 Å². The van der Waals surface area contributed by atoms with Crippen LogP contribution in [-0.2, 0) is 4.79 Å². The van der Waals surface area contributed by atoms with Crippen LogP contribution < -0.4 is 15.6 Å². The Kier molecular flexibility index (Phi) is 7.18. The summed E-state index contributed by atoms with van der Waals surface area (Å²) in [6, 6.07) is 21.7. The molecule has 0 saturated carbocycles. The average molecular weight is 519 g/mol. The molecule has 1 amide bonds. The summed E-state index contributed by atoms with van der Waals surface area (Å²) in [6.45, 7) is 3.84. The number of nitrogens with one attached hydrogen (secondary N) is 1. The Labute approximate surface area is 205 Å². The molecule has 172 valence electrons. The van der Waals surface area contributed by atoms with Crippen molar-refractivity contribution in [3.63, 3.8) is 0 Å². The third-order valence-corrected chi connectivity index (χ3v) is 5.47. The normalized spacial score (nSPS) is 11.3. The minimum atomic E-state index is -0.243. The first-order valence-electron chi connectivity index (χ1n) is 10.7. The molecular formula is C26H23BrN4O3. The fraction of sp³-hybridized carbons (Fsp3) is 0.154. The number of rotatable bonds is 7. The van der Waals surface area contributed by atoms with Crippen LogP contribution >= 0.6 is 15.9 Å². The van der Waals surface area contributed by atoms with E-state index in [9.17, 15) is 9.59 Å². The summed E-state index contributed by atoms with van der Waals surface area (Å²) in [4.78, 5) is 29.8. The van der Waals surface area contributed by atoms with E-state index in [4.69, 9.17) is 4.74 Å². The first-order valence-corrected chi connectivity index (χ1v) is 11.5. The molecular weight excluding hydrogens is 496 g/mol. The van der Waals surface area contributed by atoms with E-state index in [0.717, 1.165) is 10.0 Å². The summed E-state index contributed by atoms with van der Waals surface area (Å²) in [5.74, 6) is 0.904. The smallest absolute Gasteiger partial charge is 0.282 e. The molecule has 34 heavy (non-hydrogen) atoms. The standard InChI is InChI=1S/C26H23BrN4O3/c1-17(2)25-30-23-13-10-19(27)14-22(23)26(33)31(25)28-15-18-8-11-21(12-9-18)34-16-24(32)29-20-6-4-3-5-7-20/h3-15,17H,16H2,1-2H3,(H,29,32). The molecule has 1 N–H and O–H groups in total. The van der Waals surface area contributed by atoms with Crippen LogP contribution in [0.2, 0.25) is 0 Å². The Morgan fingerprint density at radius 3 is 2.56 bits per heavy atom. The molecule has 0 spiro atoms. The maximum atomic E-state index is 13.1. The number of amides is 1. The van der Waals surface area contributed by atoms with Gasteiger partial charge in [0, 0.05) is 16.1 Å². The van der Waals surface area contributed by atoms with Crippen molar-refractivity contribution in [2.24, 2.45) is 5.10 Å². The number of carbonyl (C=O) groups is 1. The minimum Gasteiger partial charge on any atom is -0.484 e. The maximum Gasteiger partial charge on any atom is 0.282 e. The van der Waals surface area contributed by atoms with E-state index < -0.39 is 0 Å². The van der Waals surface area contributed by atoms with Gasteiger partial charge in [0.05, 0.1) is 17.1 Å². The maximum absolute atomic E-state index is 13.1. The summed E-state index contributed by atoms with van der Waals surface area (Å²) in [5.41, 5.74) is 1.91. The van der Waals surface area contributed by atoms with E-state index in [1.807, 2.05) is 56.3 Å². The highest BCUT2D eigenvalue weighted by Crippen LogP contribution is 2.19. The Balaban J connectivity index is 1.48. The number of benzene rings is 3. The summed E-state index contributed by atoms with van der Waals surface area (Å²) in [6.07, 6.45) is 1.60. The van der Waals surface area contributed by atoms with Gasteiger partial charge in [-0.2, -0.15) is 9.78 Å². The predicted octanol–water partition coefficient (Wildman–Crippen LogP) is 5.18. The van der Waals surface area contributed by atoms with Gasteiger partial charge in [-0.15, -0.1) is 0 Å². The molecule has 3 aromatic carbocycles. The molecule has 7 nitrogen and oxygen atoms in total. The highest BCUT2D eigenvalue weighted by molar-refractivity contribution is 9.10. The third-order valence-electron chi connectivity index (χ3n) is 4.98. The van der Waals surface area contributed by atoms with E-state index in [-0.39, 0.29) is 24.0 Å². The van der Waals surface area contributed by atoms with Crippen molar-refractivity contribution in [3.05, 3.63) is 99.0 Å². The summed E-state index contributed by atoms with van der Waals surface area (Å²) < 4.78 is 7.71. The molecule has 0 atom stereocenters. The van der Waals surface area contributed by atoms with Gasteiger partial charge in [0.15, 0.2) is 6.61 Å². The molecule has 0 aliphatic carbocycles. The summed E-state index contributed by atoms with van der Waals surface area (Å²) in [7, 11) is 0. The molecule has 1 aromatic heterocycles. The number of ether oxygens (including phenoxy) is 1. The molecule has 0 saturated heterocycles. The largest absolute Gasteiger partial charge is 0.484 e. The second kappa shape index (κ2) is 10.4. The van der Waals surface area contributed by atoms with Gasteiger partial charge in [-0.1, -0.05) is 48.0 Å². The zero-order chi connectivity index (χ0) is 24.1. The van der Waals surface area contributed by atoms with E-state index in [1.54, 1.807) is 36.5 Å². The van der Waals surface area contributed by atoms with Gasteiger partial charge in [-0.25, -0.2) is 4.98 Å². The van der Waals surface area contributed by atoms with E-state index in [1.165, 1.54) is 4.68 Å². The molecule has 0 unspecified atom stereocenters. The van der Waals surface area contributed by atoms with Crippen LogP contribution in [0.3, 0.4) is 0 Å². The van der Waals surface area contributed by atoms with Gasteiger partial charge in [0.1, 0.15) is 11.6 Å². The fourth-order valence-corrected chi connectivity index (χ4v) is 3.65. The van der Waals surface area contributed by atoms with Crippen molar-refractivity contribution in [2.75, 3.05) is 11.9 Å². The molecule has 4 rings (SSSR count). The first-order chi connectivity index (χ1) is 16.4. The lowest BCUT2D eigenvalue weighted by Gasteiger charge is -2.12. The fourth-order valence-electron chi connectivity index (χ4n) is 3.29. The number of fused-ring (bicyclic) bond motifs is 1. The molecule has 4 aromatic rings. The topological polar surface area (TPSA) is 85.6 Å². The van der Waals surface area contributed by atoms with Crippen LogP contribution in [0.15, 0.2) is 87.2 Å². The summed E-state index contributed by atoms with van der Waals surface area (Å²) >= 11 is 3.41. The highest BCUT2D eigenvalue weighted by atomic mass is 79.9. The van der Waals surface area contributed by atoms with Crippen LogP contribution in [0.4, 0.5) is 5.69 Å². The minimum absolute atomic E-state index is 0.00991. The number of nitrogens with zero attached hydrogens (tertiary/aromatic N) is 3. The van der Waals surface area contributed by atoms with E-state index in [0.29, 0.717) is 28.2 Å². The number of hydrogen-bond donors (Lipinski definition) is 1. The van der Waals surface area contributed by atoms with Crippen molar-refractivity contribution >= 4 is 44.6 Å². The number of anilines is 1. The zero-order valence-electron chi connectivity index (χ0n) is 18.7. The van der Waals surface area contributed by atoms with Gasteiger partial charge >= 0.3 is 0 Å². The van der Waals surface area contributed by atoms with Gasteiger partial charge in [-0.3, -0.25) is 9.59 Å². The van der Waals surface area contributed by atoms with Crippen LogP contribution in [0.5, 0.6) is 5.75 Å². The molecule has 0 radical (unpaired) electrons. The van der Waals surface area contributed by atoms with Crippen LogP contribution in [0.25, 0.3) is 10.9 Å². The number of carbonyl (C=O) groups excluding carboxylic acids is 1. The predicted molar refractivity (Wildman–Crippen MR) is 138 cm³/mol. The molecule has 0 aliphatic rings. The molecule has 0 fully saturated rings. The molecule has 8 heteroatoms. The van der Waals surface area contributed by atoms with Crippen LogP contribution in [0, 0.1) is 0 Å². The van der Waals surface area contributed by atoms with Crippen LogP contribution in [0.1, 0.15) is 31.2 Å². The quantitative estimate of drug-likeness (QED) is 0.341. The lowest BCUT2D eigenvalue weighted by atomic mass is 10.2. The van der Waals surface area contributed by atoms with E-state index in [2.05, 4.69) is 31.3 Å². The summed E-state index contributed by atoms with van der Waals surface area (Å²) in [5, 5.41) is 7.69. The molecule has 0 aliphatic heterocycles. The first kappa shape index (κ1) is 23.4. The van der Waals surface area contributed by atoms with Crippen molar-refractivity contribution in [3.8, 4) is 5.75 Å². The van der Waals surface area contributed by atoms with Gasteiger partial charge < -0.3 is 10.1 Å². The lowest BCUT2D eigenvalue weighted by molar-refractivity contribution is -0.118. The number of aromatic nitrogens is 2. The Morgan fingerprint density at radius 2 is 1.85 bits per heavy atom. The average Bonchev–Trinajstić information content (AvgIpc) is 2.83. The van der Waals surface area contributed by atoms with Gasteiger partial charge in [0.2, 0.25) is 0 Å². The number of para-hydroxylation sites is 1. The van der Waals surface area contributed by atoms with Gasteiger partial charge in [0.25, 0.3) is 11.5 Å². The van der Waals surface area contributed by atoms with E-state index >= 15 is 0 Å². The second-order valence-electron chi connectivity index (χ2n) is 7.92. The Bertz CT molecular complexity index is 1400.